The van der Waals surface area contributed by atoms with Crippen LogP contribution < -0.4 is 0 Å². The molecule has 1 saturated carbocycles. The van der Waals surface area contributed by atoms with E-state index in [0.29, 0.717) is 0 Å². The fraction of sp³-hybridized carbons (Fsp3) is 1.00. The van der Waals surface area contributed by atoms with Gasteiger partial charge in [0, 0.05) is 0 Å². The molecular weight excluding hydrogens is 139 g/mol. The molecule has 0 aliphatic heterocycles. The van der Waals surface area contributed by atoms with Crippen molar-refractivity contribution in [2.45, 2.75) is 40.0 Å². The second-order valence-corrected chi connectivity index (χ2v) is 4.40. The molecule has 0 heterocycles. The van der Waals surface area contributed by atoms with Crippen molar-refractivity contribution in [2.75, 3.05) is 6.67 Å². The highest BCUT2D eigenvalue weighted by Gasteiger charge is 2.43. The first-order chi connectivity index (χ1) is 5.13. The molecule has 1 aliphatic rings. The van der Waals surface area contributed by atoms with E-state index in [0.717, 1.165) is 31.1 Å². The largest absolute Gasteiger partial charge is 0.250 e. The molecule has 0 nitrogen and oxygen atoms in total. The van der Waals surface area contributed by atoms with Crippen molar-refractivity contribution in [1.82, 2.24) is 0 Å². The van der Waals surface area contributed by atoms with Crippen LogP contribution in [0.4, 0.5) is 4.39 Å². The number of alkyl halides is 1. The summed E-state index contributed by atoms with van der Waals surface area (Å²) in [6.07, 6.45) is 3.27. The molecule has 1 fully saturated rings. The number of hydrogen-bond donors (Lipinski definition) is 0. The minimum Gasteiger partial charge on any atom is -0.250 e. The molecule has 0 bridgehead atoms. The van der Waals surface area contributed by atoms with Gasteiger partial charge < -0.3 is 0 Å². The summed E-state index contributed by atoms with van der Waals surface area (Å²) < 4.78 is 12.5. The Morgan fingerprint density at radius 1 is 1.45 bits per heavy atom. The molecule has 0 saturated heterocycles. The topological polar surface area (TPSA) is 0 Å². The molecule has 0 aromatic heterocycles. The SMILES string of the molecule is CCC1(CF)CC(C(C)C)C1. The Morgan fingerprint density at radius 3 is 2.27 bits per heavy atom. The molecule has 66 valence electrons. The third kappa shape index (κ3) is 1.57. The van der Waals surface area contributed by atoms with Crippen molar-refractivity contribution in [3.05, 3.63) is 0 Å². The molecular formula is C10H19F. The van der Waals surface area contributed by atoms with Gasteiger partial charge >= 0.3 is 0 Å². The van der Waals surface area contributed by atoms with Crippen molar-refractivity contribution in [1.29, 1.82) is 0 Å². The molecule has 1 rings (SSSR count). The van der Waals surface area contributed by atoms with E-state index in [4.69, 9.17) is 0 Å². The fourth-order valence-electron chi connectivity index (χ4n) is 2.02. The van der Waals surface area contributed by atoms with E-state index in [-0.39, 0.29) is 12.1 Å². The zero-order chi connectivity index (χ0) is 8.48. The van der Waals surface area contributed by atoms with Crippen molar-refractivity contribution < 1.29 is 4.39 Å². The van der Waals surface area contributed by atoms with Gasteiger partial charge in [0.1, 0.15) is 0 Å². The molecule has 0 aromatic rings. The van der Waals surface area contributed by atoms with E-state index >= 15 is 0 Å². The lowest BCUT2D eigenvalue weighted by molar-refractivity contribution is -0.000377. The molecule has 0 aromatic carbocycles. The van der Waals surface area contributed by atoms with Crippen LogP contribution in [-0.4, -0.2) is 6.67 Å². The maximum Gasteiger partial charge on any atom is 0.0950 e. The van der Waals surface area contributed by atoms with E-state index in [9.17, 15) is 4.39 Å². The van der Waals surface area contributed by atoms with E-state index in [2.05, 4.69) is 20.8 Å². The van der Waals surface area contributed by atoms with Crippen LogP contribution in [-0.2, 0) is 0 Å². The Kier molecular flexibility index (Phi) is 2.56. The molecule has 11 heavy (non-hydrogen) atoms. The third-order valence-electron chi connectivity index (χ3n) is 3.37. The molecule has 0 amide bonds. The van der Waals surface area contributed by atoms with Gasteiger partial charge in [0.15, 0.2) is 0 Å². The lowest BCUT2D eigenvalue weighted by Gasteiger charge is -2.47. The van der Waals surface area contributed by atoms with Crippen molar-refractivity contribution >= 4 is 0 Å². The van der Waals surface area contributed by atoms with Gasteiger partial charge in [-0.15, -0.1) is 0 Å². The molecule has 0 spiro atoms. The molecule has 1 aliphatic carbocycles. The smallest absolute Gasteiger partial charge is 0.0950 e. The third-order valence-corrected chi connectivity index (χ3v) is 3.37. The Hall–Kier alpha value is -0.0700. The van der Waals surface area contributed by atoms with E-state index in [1.54, 1.807) is 0 Å². The van der Waals surface area contributed by atoms with Gasteiger partial charge in [-0.3, -0.25) is 4.39 Å². The lowest BCUT2D eigenvalue weighted by atomic mass is 9.58. The average molecular weight is 158 g/mol. The summed E-state index contributed by atoms with van der Waals surface area (Å²) in [4.78, 5) is 0. The Morgan fingerprint density at radius 2 is 2.00 bits per heavy atom. The zero-order valence-corrected chi connectivity index (χ0v) is 7.86. The van der Waals surface area contributed by atoms with Crippen LogP contribution >= 0.6 is 0 Å². The zero-order valence-electron chi connectivity index (χ0n) is 7.86. The second-order valence-electron chi connectivity index (χ2n) is 4.40. The molecule has 0 radical (unpaired) electrons. The predicted molar refractivity (Wildman–Crippen MR) is 46.3 cm³/mol. The molecule has 0 atom stereocenters. The van der Waals surface area contributed by atoms with E-state index in [1.807, 2.05) is 0 Å². The highest BCUT2D eigenvalue weighted by atomic mass is 19.1. The van der Waals surface area contributed by atoms with Crippen molar-refractivity contribution in [3.8, 4) is 0 Å². The van der Waals surface area contributed by atoms with Gasteiger partial charge in [0.05, 0.1) is 6.67 Å². The number of hydrogen-bond acceptors (Lipinski definition) is 0. The lowest BCUT2D eigenvalue weighted by Crippen LogP contribution is -2.40. The van der Waals surface area contributed by atoms with Gasteiger partial charge in [-0.25, -0.2) is 0 Å². The van der Waals surface area contributed by atoms with Crippen LogP contribution in [0.2, 0.25) is 0 Å². The first-order valence-corrected chi connectivity index (χ1v) is 4.69. The summed E-state index contributed by atoms with van der Waals surface area (Å²) in [6, 6.07) is 0. The maximum absolute atomic E-state index is 12.5. The van der Waals surface area contributed by atoms with Crippen LogP contribution in [0.15, 0.2) is 0 Å². The Balaban J connectivity index is 2.35. The van der Waals surface area contributed by atoms with E-state index in [1.165, 1.54) is 0 Å². The fourth-order valence-corrected chi connectivity index (χ4v) is 2.02. The van der Waals surface area contributed by atoms with Gasteiger partial charge in [-0.2, -0.15) is 0 Å². The molecule has 1 heteroatoms. The van der Waals surface area contributed by atoms with Crippen LogP contribution in [0.3, 0.4) is 0 Å². The monoisotopic (exact) mass is 158 g/mol. The summed E-state index contributed by atoms with van der Waals surface area (Å²) >= 11 is 0. The van der Waals surface area contributed by atoms with Gasteiger partial charge in [-0.1, -0.05) is 20.8 Å². The minimum atomic E-state index is -0.104. The van der Waals surface area contributed by atoms with E-state index < -0.39 is 0 Å². The van der Waals surface area contributed by atoms with Gasteiger partial charge in [0.2, 0.25) is 0 Å². The standard InChI is InChI=1S/C10H19F/c1-4-10(7-11)5-9(6-10)8(2)3/h8-9H,4-7H2,1-3H3. The molecule has 0 N–H and O–H groups in total. The average Bonchev–Trinajstić information content (AvgIpc) is 1.87. The van der Waals surface area contributed by atoms with Crippen LogP contribution in [0.25, 0.3) is 0 Å². The summed E-state index contributed by atoms with van der Waals surface area (Å²) in [7, 11) is 0. The highest BCUT2D eigenvalue weighted by molar-refractivity contribution is 4.93. The predicted octanol–water partition coefficient (Wildman–Crippen LogP) is 3.42. The van der Waals surface area contributed by atoms with Crippen LogP contribution in [0, 0.1) is 17.3 Å². The van der Waals surface area contributed by atoms with Crippen molar-refractivity contribution in [2.24, 2.45) is 17.3 Å². The van der Waals surface area contributed by atoms with Crippen molar-refractivity contribution in [3.63, 3.8) is 0 Å². The van der Waals surface area contributed by atoms with Gasteiger partial charge in [0.25, 0.3) is 0 Å². The quantitative estimate of drug-likeness (QED) is 0.590. The van der Waals surface area contributed by atoms with Gasteiger partial charge in [-0.05, 0) is 36.5 Å². The molecule has 0 unspecified atom stereocenters. The summed E-state index contributed by atoms with van der Waals surface area (Å²) in [5.74, 6) is 1.55. The summed E-state index contributed by atoms with van der Waals surface area (Å²) in [6.45, 7) is 6.48. The maximum atomic E-state index is 12.5. The Bertz CT molecular complexity index is 117. The first-order valence-electron chi connectivity index (χ1n) is 4.69. The summed E-state index contributed by atoms with van der Waals surface area (Å²) in [5, 5.41) is 0. The van der Waals surface area contributed by atoms with Crippen LogP contribution in [0.5, 0.6) is 0 Å². The highest BCUT2D eigenvalue weighted by Crippen LogP contribution is 2.51. The minimum absolute atomic E-state index is 0.0922. The number of rotatable bonds is 3. The first kappa shape index (κ1) is 9.02. The van der Waals surface area contributed by atoms with Crippen LogP contribution in [0.1, 0.15) is 40.0 Å². The second kappa shape index (κ2) is 3.12. The Labute approximate surface area is 69.2 Å². The normalized spacial score (nSPS) is 37.4. The number of halogens is 1. The summed E-state index contributed by atoms with van der Waals surface area (Å²) in [5.41, 5.74) is 0.0922.